The Morgan fingerprint density at radius 3 is 3.00 bits per heavy atom. The molecule has 1 aliphatic rings. The molecule has 21 heavy (non-hydrogen) atoms. The molecule has 1 atom stereocenters. The zero-order chi connectivity index (χ0) is 14.7. The first-order valence-corrected chi connectivity index (χ1v) is 8.36. The van der Waals surface area contributed by atoms with E-state index in [2.05, 4.69) is 59.2 Å². The van der Waals surface area contributed by atoms with E-state index in [-0.39, 0.29) is 0 Å². The fourth-order valence-corrected chi connectivity index (χ4v) is 3.50. The SMILES string of the molecule is CCCCC1CNCCCN1n1c(C)cc2ccccc21. The van der Waals surface area contributed by atoms with E-state index in [1.54, 1.807) is 0 Å². The number of nitrogens with zero attached hydrogens (tertiary/aromatic N) is 2. The normalized spacial score (nSPS) is 19.9. The van der Waals surface area contributed by atoms with Gasteiger partial charge in [-0.05, 0) is 38.4 Å². The molecule has 3 nitrogen and oxygen atoms in total. The van der Waals surface area contributed by atoms with Crippen LogP contribution in [0.2, 0.25) is 0 Å². The smallest absolute Gasteiger partial charge is 0.0697 e. The molecule has 1 fully saturated rings. The first kappa shape index (κ1) is 14.5. The molecule has 0 radical (unpaired) electrons. The highest BCUT2D eigenvalue weighted by molar-refractivity contribution is 5.81. The van der Waals surface area contributed by atoms with E-state index in [4.69, 9.17) is 0 Å². The number of benzene rings is 1. The Morgan fingerprint density at radius 2 is 2.14 bits per heavy atom. The van der Waals surface area contributed by atoms with Crippen LogP contribution in [0.25, 0.3) is 10.9 Å². The Balaban J connectivity index is 1.98. The maximum Gasteiger partial charge on any atom is 0.0697 e. The van der Waals surface area contributed by atoms with E-state index in [0.29, 0.717) is 6.04 Å². The number of aryl methyl sites for hydroxylation is 1. The second-order valence-electron chi connectivity index (χ2n) is 6.17. The van der Waals surface area contributed by atoms with Gasteiger partial charge in [0.2, 0.25) is 0 Å². The Morgan fingerprint density at radius 1 is 1.29 bits per heavy atom. The zero-order valence-electron chi connectivity index (χ0n) is 13.3. The van der Waals surface area contributed by atoms with Crippen LogP contribution in [-0.2, 0) is 0 Å². The predicted molar refractivity (Wildman–Crippen MR) is 90.6 cm³/mol. The van der Waals surface area contributed by atoms with Crippen molar-refractivity contribution in [3.8, 4) is 0 Å². The van der Waals surface area contributed by atoms with Gasteiger partial charge in [0.1, 0.15) is 0 Å². The van der Waals surface area contributed by atoms with Crippen LogP contribution in [-0.4, -0.2) is 30.4 Å². The summed E-state index contributed by atoms with van der Waals surface area (Å²) in [5.74, 6) is 0. The molecule has 3 rings (SSSR count). The van der Waals surface area contributed by atoms with Crippen LogP contribution in [0.3, 0.4) is 0 Å². The van der Waals surface area contributed by atoms with Gasteiger partial charge >= 0.3 is 0 Å². The molecule has 2 heterocycles. The number of hydrogen-bond donors (Lipinski definition) is 1. The van der Waals surface area contributed by atoms with Crippen LogP contribution in [0.4, 0.5) is 0 Å². The maximum absolute atomic E-state index is 3.61. The Kier molecular flexibility index (Phi) is 4.49. The molecule has 114 valence electrons. The van der Waals surface area contributed by atoms with E-state index in [1.807, 2.05) is 0 Å². The molecule has 1 aliphatic heterocycles. The van der Waals surface area contributed by atoms with Crippen molar-refractivity contribution < 1.29 is 0 Å². The van der Waals surface area contributed by atoms with Crippen molar-refractivity contribution in [2.45, 2.75) is 45.6 Å². The van der Waals surface area contributed by atoms with E-state index in [1.165, 1.54) is 42.3 Å². The molecule has 0 aliphatic carbocycles. The Labute approximate surface area is 127 Å². The van der Waals surface area contributed by atoms with Crippen LogP contribution >= 0.6 is 0 Å². The molecule has 3 heteroatoms. The number of aromatic nitrogens is 1. The Bertz CT molecular complexity index is 587. The minimum absolute atomic E-state index is 0.599. The van der Waals surface area contributed by atoms with Crippen LogP contribution < -0.4 is 10.3 Å². The monoisotopic (exact) mass is 285 g/mol. The first-order chi connectivity index (χ1) is 10.3. The first-order valence-electron chi connectivity index (χ1n) is 8.36. The van der Waals surface area contributed by atoms with Crippen molar-refractivity contribution in [3.05, 3.63) is 36.0 Å². The molecule has 1 saturated heterocycles. The highest BCUT2D eigenvalue weighted by Crippen LogP contribution is 2.22. The number of unbranched alkanes of at least 4 members (excludes halogenated alkanes) is 1. The number of nitrogens with one attached hydrogen (secondary N) is 1. The fraction of sp³-hybridized carbons (Fsp3) is 0.556. The van der Waals surface area contributed by atoms with Gasteiger partial charge in [-0.1, -0.05) is 38.0 Å². The number of rotatable bonds is 4. The lowest BCUT2D eigenvalue weighted by atomic mass is 10.1. The molecule has 1 aromatic carbocycles. The third kappa shape index (κ3) is 2.93. The molecule has 1 aromatic heterocycles. The van der Waals surface area contributed by atoms with Crippen molar-refractivity contribution in [2.75, 3.05) is 24.6 Å². The number of fused-ring (bicyclic) bond motifs is 1. The minimum atomic E-state index is 0.599. The molecule has 2 aromatic rings. The second kappa shape index (κ2) is 6.52. The maximum atomic E-state index is 3.61. The van der Waals surface area contributed by atoms with Crippen molar-refractivity contribution in [1.82, 2.24) is 9.99 Å². The summed E-state index contributed by atoms with van der Waals surface area (Å²) in [7, 11) is 0. The van der Waals surface area contributed by atoms with Crippen LogP contribution in [0.1, 0.15) is 38.3 Å². The van der Waals surface area contributed by atoms with Crippen molar-refractivity contribution in [1.29, 1.82) is 0 Å². The van der Waals surface area contributed by atoms with Gasteiger partial charge in [0.25, 0.3) is 0 Å². The summed E-state index contributed by atoms with van der Waals surface area (Å²) in [6.07, 6.45) is 5.07. The highest BCUT2D eigenvalue weighted by atomic mass is 15.6. The topological polar surface area (TPSA) is 20.2 Å². The Hall–Kier alpha value is -1.48. The van der Waals surface area contributed by atoms with Gasteiger partial charge in [-0.15, -0.1) is 0 Å². The van der Waals surface area contributed by atoms with Crippen molar-refractivity contribution >= 4 is 10.9 Å². The summed E-state index contributed by atoms with van der Waals surface area (Å²) in [6, 6.07) is 11.7. The van der Waals surface area contributed by atoms with Gasteiger partial charge < -0.3 is 10.3 Å². The minimum Gasteiger partial charge on any atom is -0.315 e. The lowest BCUT2D eigenvalue weighted by Gasteiger charge is -2.34. The van der Waals surface area contributed by atoms with Crippen molar-refractivity contribution in [2.24, 2.45) is 0 Å². The summed E-state index contributed by atoms with van der Waals surface area (Å²) in [4.78, 5) is 0. The molecule has 0 saturated carbocycles. The molecular weight excluding hydrogens is 258 g/mol. The van der Waals surface area contributed by atoms with E-state index < -0.39 is 0 Å². The average molecular weight is 285 g/mol. The summed E-state index contributed by atoms with van der Waals surface area (Å²) >= 11 is 0. The van der Waals surface area contributed by atoms with Crippen LogP contribution in [0.5, 0.6) is 0 Å². The van der Waals surface area contributed by atoms with Gasteiger partial charge in [-0.2, -0.15) is 0 Å². The lowest BCUT2D eigenvalue weighted by molar-refractivity contribution is 0.448. The van der Waals surface area contributed by atoms with Gasteiger partial charge in [-0.3, -0.25) is 4.68 Å². The number of para-hydroxylation sites is 1. The van der Waals surface area contributed by atoms with Crippen LogP contribution in [0.15, 0.2) is 30.3 Å². The summed E-state index contributed by atoms with van der Waals surface area (Å²) < 4.78 is 2.46. The predicted octanol–water partition coefficient (Wildman–Crippen LogP) is 3.44. The molecular formula is C18H27N3. The quantitative estimate of drug-likeness (QED) is 0.928. The van der Waals surface area contributed by atoms with Gasteiger partial charge in [0, 0.05) is 24.2 Å². The van der Waals surface area contributed by atoms with E-state index in [0.717, 1.165) is 19.6 Å². The third-order valence-corrected chi connectivity index (χ3v) is 4.55. The summed E-state index contributed by atoms with van der Waals surface area (Å²) in [6.45, 7) is 7.89. The second-order valence-corrected chi connectivity index (χ2v) is 6.17. The third-order valence-electron chi connectivity index (χ3n) is 4.55. The lowest BCUT2D eigenvalue weighted by Crippen LogP contribution is -2.47. The molecule has 0 amide bonds. The van der Waals surface area contributed by atoms with Gasteiger partial charge in [0.15, 0.2) is 0 Å². The van der Waals surface area contributed by atoms with Gasteiger partial charge in [-0.25, -0.2) is 0 Å². The van der Waals surface area contributed by atoms with E-state index >= 15 is 0 Å². The fourth-order valence-electron chi connectivity index (χ4n) is 3.50. The van der Waals surface area contributed by atoms with Crippen molar-refractivity contribution in [3.63, 3.8) is 0 Å². The average Bonchev–Trinajstić information content (AvgIpc) is 2.67. The molecule has 0 spiro atoms. The van der Waals surface area contributed by atoms with Crippen LogP contribution in [0, 0.1) is 6.92 Å². The summed E-state index contributed by atoms with van der Waals surface area (Å²) in [5.41, 5.74) is 2.69. The number of hydrogen-bond acceptors (Lipinski definition) is 2. The molecule has 1 N–H and O–H groups in total. The van der Waals surface area contributed by atoms with E-state index in [9.17, 15) is 0 Å². The molecule has 0 bridgehead atoms. The molecule has 1 unspecified atom stereocenters. The standard InChI is InChI=1S/C18H27N3/c1-3-4-9-17-14-19-11-7-12-20(17)21-15(2)13-16-8-5-6-10-18(16)21/h5-6,8,10,13,17,19H,3-4,7,9,11-12,14H2,1-2H3. The van der Waals surface area contributed by atoms with Gasteiger partial charge in [0.05, 0.1) is 11.6 Å². The zero-order valence-corrected chi connectivity index (χ0v) is 13.3. The summed E-state index contributed by atoms with van der Waals surface area (Å²) in [5, 5.41) is 7.56. The highest BCUT2D eigenvalue weighted by Gasteiger charge is 2.22. The largest absolute Gasteiger partial charge is 0.315 e.